The van der Waals surface area contributed by atoms with Crippen LogP contribution < -0.4 is 0 Å². The van der Waals surface area contributed by atoms with Crippen LogP contribution in [0, 0.1) is 0 Å². The van der Waals surface area contributed by atoms with Crippen molar-refractivity contribution in [2.45, 2.75) is 33.2 Å². The normalized spacial score (nSPS) is 11.8. The fraction of sp³-hybridized carbons (Fsp3) is 0.636. The van der Waals surface area contributed by atoms with Crippen LogP contribution in [0.15, 0.2) is 12.2 Å². The van der Waals surface area contributed by atoms with Crippen LogP contribution in [0.25, 0.3) is 0 Å². The van der Waals surface area contributed by atoms with Crippen LogP contribution >= 0.6 is 0 Å². The third kappa shape index (κ3) is 4.44. The van der Waals surface area contributed by atoms with Gasteiger partial charge in [0.25, 0.3) is 0 Å². The standard InChI is InChI=1S/C11H19NO4/c1-6-16-11(14)10(7-8(2)3)12(15-5)9(4)13/h10H,2,6-7H2,1,3-5H3. The van der Waals surface area contributed by atoms with E-state index in [1.807, 2.05) is 0 Å². The monoisotopic (exact) mass is 229 g/mol. The van der Waals surface area contributed by atoms with Gasteiger partial charge in [-0.3, -0.25) is 9.63 Å². The Balaban J connectivity index is 4.82. The second kappa shape index (κ2) is 7.00. The lowest BCUT2D eigenvalue weighted by Gasteiger charge is -2.26. The summed E-state index contributed by atoms with van der Waals surface area (Å²) in [5, 5.41) is 1.01. The highest BCUT2D eigenvalue weighted by Crippen LogP contribution is 2.12. The van der Waals surface area contributed by atoms with Gasteiger partial charge in [-0.1, -0.05) is 5.57 Å². The van der Waals surface area contributed by atoms with E-state index in [1.54, 1.807) is 13.8 Å². The zero-order valence-electron chi connectivity index (χ0n) is 10.3. The highest BCUT2D eigenvalue weighted by Gasteiger charge is 2.29. The molecule has 1 atom stereocenters. The average Bonchev–Trinajstić information content (AvgIpc) is 2.16. The topological polar surface area (TPSA) is 55.8 Å². The summed E-state index contributed by atoms with van der Waals surface area (Å²) < 4.78 is 4.88. The Labute approximate surface area is 96.0 Å². The summed E-state index contributed by atoms with van der Waals surface area (Å²) in [5.41, 5.74) is 0.779. The van der Waals surface area contributed by atoms with Crippen molar-refractivity contribution in [3.8, 4) is 0 Å². The van der Waals surface area contributed by atoms with Gasteiger partial charge in [0.1, 0.15) is 0 Å². The van der Waals surface area contributed by atoms with Crippen molar-refractivity contribution in [3.05, 3.63) is 12.2 Å². The molecule has 1 unspecified atom stereocenters. The molecular formula is C11H19NO4. The molecular weight excluding hydrogens is 210 g/mol. The molecule has 0 saturated carbocycles. The van der Waals surface area contributed by atoms with Crippen molar-refractivity contribution in [3.63, 3.8) is 0 Å². The van der Waals surface area contributed by atoms with Crippen LogP contribution in [0.4, 0.5) is 0 Å². The second-order valence-corrected chi connectivity index (χ2v) is 3.46. The van der Waals surface area contributed by atoms with Crippen molar-refractivity contribution >= 4 is 11.9 Å². The lowest BCUT2D eigenvalue weighted by atomic mass is 10.1. The predicted octanol–water partition coefficient (Wildman–Crippen LogP) is 1.29. The first-order chi connectivity index (χ1) is 7.43. The minimum absolute atomic E-state index is 0.265. The van der Waals surface area contributed by atoms with Gasteiger partial charge in [-0.05, 0) is 13.8 Å². The largest absolute Gasteiger partial charge is 0.464 e. The first kappa shape index (κ1) is 14.6. The molecule has 5 heteroatoms. The van der Waals surface area contributed by atoms with E-state index in [9.17, 15) is 9.59 Å². The Morgan fingerprint density at radius 2 is 1.94 bits per heavy atom. The van der Waals surface area contributed by atoms with Crippen LogP contribution in [0.3, 0.4) is 0 Å². The smallest absolute Gasteiger partial charge is 0.331 e. The molecule has 0 heterocycles. The molecule has 0 radical (unpaired) electrons. The summed E-state index contributed by atoms with van der Waals surface area (Å²) in [6.07, 6.45) is 0.326. The molecule has 0 aliphatic carbocycles. The van der Waals surface area contributed by atoms with Gasteiger partial charge in [0.2, 0.25) is 5.91 Å². The fourth-order valence-corrected chi connectivity index (χ4v) is 1.31. The lowest BCUT2D eigenvalue weighted by molar-refractivity contribution is -0.196. The van der Waals surface area contributed by atoms with Gasteiger partial charge >= 0.3 is 5.97 Å². The maximum Gasteiger partial charge on any atom is 0.331 e. The number of carbonyl (C=O) groups excluding carboxylic acids is 2. The Bertz CT molecular complexity index is 275. The number of esters is 1. The first-order valence-electron chi connectivity index (χ1n) is 5.08. The molecule has 0 aromatic rings. The van der Waals surface area contributed by atoms with Gasteiger partial charge in [0.15, 0.2) is 6.04 Å². The summed E-state index contributed by atoms with van der Waals surface area (Å²) in [5.74, 6) is -0.829. The molecule has 0 saturated heterocycles. The average molecular weight is 229 g/mol. The second-order valence-electron chi connectivity index (χ2n) is 3.46. The van der Waals surface area contributed by atoms with Gasteiger partial charge in [-0.25, -0.2) is 9.86 Å². The first-order valence-corrected chi connectivity index (χ1v) is 5.08. The van der Waals surface area contributed by atoms with E-state index < -0.39 is 12.0 Å². The summed E-state index contributed by atoms with van der Waals surface area (Å²) >= 11 is 0. The molecule has 0 aromatic heterocycles. The van der Waals surface area contributed by atoms with E-state index >= 15 is 0 Å². The van der Waals surface area contributed by atoms with E-state index in [0.717, 1.165) is 10.6 Å². The quantitative estimate of drug-likeness (QED) is 0.391. The van der Waals surface area contributed by atoms with Gasteiger partial charge in [0.05, 0.1) is 13.7 Å². The van der Waals surface area contributed by atoms with Gasteiger partial charge < -0.3 is 4.74 Å². The number of nitrogens with zero attached hydrogens (tertiary/aromatic N) is 1. The molecule has 0 aliphatic rings. The Kier molecular flexibility index (Phi) is 6.41. The van der Waals surface area contributed by atoms with E-state index in [1.165, 1.54) is 14.0 Å². The molecule has 1 amide bonds. The maximum absolute atomic E-state index is 11.6. The van der Waals surface area contributed by atoms with Crippen LogP contribution in [-0.4, -0.2) is 36.7 Å². The molecule has 92 valence electrons. The molecule has 0 spiro atoms. The molecule has 0 aliphatic heterocycles. The van der Waals surface area contributed by atoms with Crippen molar-refractivity contribution < 1.29 is 19.2 Å². The number of hydrogen-bond donors (Lipinski definition) is 0. The van der Waals surface area contributed by atoms with Gasteiger partial charge in [0, 0.05) is 13.3 Å². The number of hydroxylamine groups is 2. The minimum atomic E-state index is -0.764. The summed E-state index contributed by atoms with van der Waals surface area (Å²) in [6, 6.07) is -0.764. The molecule has 0 bridgehead atoms. The predicted molar refractivity (Wildman–Crippen MR) is 59.4 cm³/mol. The van der Waals surface area contributed by atoms with Gasteiger partial charge in [-0.2, -0.15) is 0 Å². The summed E-state index contributed by atoms with van der Waals surface area (Å²) in [7, 11) is 1.34. The number of amides is 1. The van der Waals surface area contributed by atoms with Crippen molar-refractivity contribution in [1.29, 1.82) is 0 Å². The third-order valence-electron chi connectivity index (χ3n) is 1.89. The third-order valence-corrected chi connectivity index (χ3v) is 1.89. The van der Waals surface area contributed by atoms with E-state index in [4.69, 9.17) is 9.57 Å². The van der Waals surface area contributed by atoms with Crippen molar-refractivity contribution in [2.75, 3.05) is 13.7 Å². The lowest BCUT2D eigenvalue weighted by Crippen LogP contribution is -2.44. The Morgan fingerprint density at radius 1 is 1.38 bits per heavy atom. The van der Waals surface area contributed by atoms with Crippen molar-refractivity contribution in [1.82, 2.24) is 5.06 Å². The molecule has 0 aromatic carbocycles. The van der Waals surface area contributed by atoms with E-state index in [2.05, 4.69) is 6.58 Å². The highest BCUT2D eigenvalue weighted by atomic mass is 16.7. The summed E-state index contributed by atoms with van der Waals surface area (Å²) in [4.78, 5) is 27.8. The van der Waals surface area contributed by atoms with Gasteiger partial charge in [-0.15, -0.1) is 6.58 Å². The Morgan fingerprint density at radius 3 is 2.25 bits per heavy atom. The maximum atomic E-state index is 11.6. The minimum Gasteiger partial charge on any atom is -0.464 e. The number of ether oxygens (including phenoxy) is 1. The molecule has 16 heavy (non-hydrogen) atoms. The Hall–Kier alpha value is -1.36. The molecule has 0 fully saturated rings. The van der Waals surface area contributed by atoms with Crippen LogP contribution in [0.2, 0.25) is 0 Å². The fourth-order valence-electron chi connectivity index (χ4n) is 1.31. The zero-order chi connectivity index (χ0) is 12.7. The molecule has 0 rings (SSSR count). The van der Waals surface area contributed by atoms with E-state index in [-0.39, 0.29) is 12.5 Å². The number of carbonyl (C=O) groups is 2. The van der Waals surface area contributed by atoms with Crippen molar-refractivity contribution in [2.24, 2.45) is 0 Å². The molecule has 0 N–H and O–H groups in total. The SMILES string of the molecule is C=C(C)CC(C(=O)OCC)N(OC)C(C)=O. The highest BCUT2D eigenvalue weighted by molar-refractivity contribution is 5.82. The van der Waals surface area contributed by atoms with Crippen LogP contribution in [0.5, 0.6) is 0 Å². The number of hydrogen-bond acceptors (Lipinski definition) is 4. The van der Waals surface area contributed by atoms with Crippen LogP contribution in [0.1, 0.15) is 27.2 Å². The zero-order valence-corrected chi connectivity index (χ0v) is 10.3. The number of rotatable bonds is 6. The molecule has 5 nitrogen and oxygen atoms in total. The van der Waals surface area contributed by atoms with Crippen LogP contribution in [-0.2, 0) is 19.2 Å². The summed E-state index contributed by atoms with van der Waals surface area (Å²) in [6.45, 7) is 8.79. The van der Waals surface area contributed by atoms with E-state index in [0.29, 0.717) is 6.42 Å².